The molecule has 1 aliphatic heterocycles. The maximum atomic E-state index is 9.16. The number of benzene rings is 1. The fraction of sp³-hybridized carbons (Fsp3) is 0.533. The smallest absolute Gasteiger partial charge is 0.118 e. The fourth-order valence-corrected chi connectivity index (χ4v) is 2.25. The van der Waals surface area contributed by atoms with E-state index >= 15 is 0 Å². The summed E-state index contributed by atoms with van der Waals surface area (Å²) < 4.78 is 10.3. The lowest BCUT2D eigenvalue weighted by Crippen LogP contribution is -2.49. The molecule has 102 valence electrons. The van der Waals surface area contributed by atoms with Gasteiger partial charge in [0, 0.05) is 13.1 Å². The predicted octanol–water partition coefficient (Wildman–Crippen LogP) is 1.71. The van der Waals surface area contributed by atoms with Crippen LogP contribution in [0.15, 0.2) is 24.3 Å². The van der Waals surface area contributed by atoms with Gasteiger partial charge in [0.1, 0.15) is 11.2 Å². The van der Waals surface area contributed by atoms with E-state index in [9.17, 15) is 0 Å². The Morgan fingerprint density at radius 2 is 2.05 bits per heavy atom. The molecule has 0 bridgehead atoms. The predicted molar refractivity (Wildman–Crippen MR) is 73.1 cm³/mol. The monoisotopic (exact) mass is 260 g/mol. The van der Waals surface area contributed by atoms with E-state index in [4.69, 9.17) is 14.7 Å². The molecule has 4 nitrogen and oxygen atoms in total. The maximum Gasteiger partial charge on any atom is 0.118 e. The lowest BCUT2D eigenvalue weighted by atomic mass is 9.87. The second-order valence-electron chi connectivity index (χ2n) is 5.22. The molecule has 0 unspecified atom stereocenters. The zero-order valence-corrected chi connectivity index (χ0v) is 11.6. The van der Waals surface area contributed by atoms with E-state index in [0.29, 0.717) is 13.2 Å². The summed E-state index contributed by atoms with van der Waals surface area (Å²) in [5, 5.41) is 9.16. The normalized spacial score (nSPS) is 16.7. The van der Waals surface area contributed by atoms with Crippen LogP contribution in [0.2, 0.25) is 0 Å². The molecular weight excluding hydrogens is 240 g/mol. The summed E-state index contributed by atoms with van der Waals surface area (Å²) in [5.41, 5.74) is 0.998. The van der Waals surface area contributed by atoms with Crippen LogP contribution in [0, 0.1) is 16.7 Å². The van der Waals surface area contributed by atoms with E-state index in [1.807, 2.05) is 12.1 Å². The molecule has 0 saturated carbocycles. The van der Waals surface area contributed by atoms with E-state index in [1.54, 1.807) is 7.11 Å². The molecule has 0 atom stereocenters. The van der Waals surface area contributed by atoms with Crippen molar-refractivity contribution >= 4 is 0 Å². The first-order valence-corrected chi connectivity index (χ1v) is 6.48. The van der Waals surface area contributed by atoms with Crippen LogP contribution < -0.4 is 4.74 Å². The summed E-state index contributed by atoms with van der Waals surface area (Å²) in [5.74, 6) is 0.882. The Hall–Kier alpha value is -1.57. The Labute approximate surface area is 114 Å². The van der Waals surface area contributed by atoms with Gasteiger partial charge in [-0.05, 0) is 31.2 Å². The molecule has 1 saturated heterocycles. The molecule has 2 rings (SSSR count). The number of likely N-dealkylation sites (N-methyl/N-ethyl adjacent to an activating group) is 1. The minimum absolute atomic E-state index is 0.283. The molecule has 0 amide bonds. The second-order valence-corrected chi connectivity index (χ2v) is 5.22. The van der Waals surface area contributed by atoms with E-state index in [-0.39, 0.29) is 5.41 Å². The quantitative estimate of drug-likeness (QED) is 0.781. The number of methoxy groups -OCH3 is 1. The lowest BCUT2D eigenvalue weighted by Gasteiger charge is -2.38. The van der Waals surface area contributed by atoms with E-state index < -0.39 is 0 Å². The molecule has 1 aliphatic rings. The number of hydrogen-bond acceptors (Lipinski definition) is 4. The SMILES string of the molecule is COc1ccc(CCN(C)CC2(C#N)COC2)cc1. The van der Waals surface area contributed by atoms with Gasteiger partial charge in [-0.1, -0.05) is 12.1 Å². The van der Waals surface area contributed by atoms with Gasteiger partial charge in [-0.25, -0.2) is 0 Å². The first-order valence-electron chi connectivity index (χ1n) is 6.48. The zero-order valence-electron chi connectivity index (χ0n) is 11.6. The largest absolute Gasteiger partial charge is 0.497 e. The minimum Gasteiger partial charge on any atom is -0.497 e. The lowest BCUT2D eigenvalue weighted by molar-refractivity contribution is -0.0886. The Bertz CT molecular complexity index is 446. The summed E-state index contributed by atoms with van der Waals surface area (Å²) in [6.07, 6.45) is 0.975. The van der Waals surface area contributed by atoms with Gasteiger partial charge in [0.2, 0.25) is 0 Å². The van der Waals surface area contributed by atoms with Gasteiger partial charge in [-0.2, -0.15) is 5.26 Å². The van der Waals surface area contributed by atoms with E-state index in [1.165, 1.54) is 5.56 Å². The Morgan fingerprint density at radius 1 is 1.37 bits per heavy atom. The van der Waals surface area contributed by atoms with Crippen molar-refractivity contribution in [3.05, 3.63) is 29.8 Å². The molecule has 1 fully saturated rings. The maximum absolute atomic E-state index is 9.16. The van der Waals surface area contributed by atoms with Crippen molar-refractivity contribution in [1.82, 2.24) is 4.90 Å². The van der Waals surface area contributed by atoms with Gasteiger partial charge in [0.05, 0.1) is 26.4 Å². The third kappa shape index (κ3) is 3.46. The molecule has 0 aromatic heterocycles. The standard InChI is InChI=1S/C15H20N2O2/c1-17(10-15(9-16)11-19-12-15)8-7-13-3-5-14(18-2)6-4-13/h3-6H,7-8,10-12H2,1-2H3. The number of hydrogen-bond donors (Lipinski definition) is 0. The molecule has 0 spiro atoms. The number of ether oxygens (including phenoxy) is 2. The topological polar surface area (TPSA) is 45.5 Å². The van der Waals surface area contributed by atoms with Gasteiger partial charge in [0.15, 0.2) is 0 Å². The van der Waals surface area contributed by atoms with Crippen LogP contribution in [0.25, 0.3) is 0 Å². The zero-order chi connectivity index (χ0) is 13.7. The Morgan fingerprint density at radius 3 is 2.53 bits per heavy atom. The molecule has 4 heteroatoms. The van der Waals surface area contributed by atoms with Gasteiger partial charge in [-0.3, -0.25) is 0 Å². The highest BCUT2D eigenvalue weighted by Crippen LogP contribution is 2.27. The van der Waals surface area contributed by atoms with Crippen molar-refractivity contribution in [2.75, 3.05) is 40.5 Å². The second kappa shape index (κ2) is 6.05. The fourth-order valence-electron chi connectivity index (χ4n) is 2.25. The van der Waals surface area contributed by atoms with Crippen molar-refractivity contribution in [1.29, 1.82) is 5.26 Å². The molecule has 1 heterocycles. The third-order valence-corrected chi connectivity index (χ3v) is 3.51. The Balaban J connectivity index is 1.79. The summed E-state index contributed by atoms with van der Waals surface area (Å²) in [6.45, 7) is 2.85. The molecule has 0 N–H and O–H groups in total. The summed E-state index contributed by atoms with van der Waals surface area (Å²) in [4.78, 5) is 2.20. The Kier molecular flexibility index (Phi) is 4.41. The molecule has 1 aromatic rings. The molecule has 19 heavy (non-hydrogen) atoms. The van der Waals surface area contributed by atoms with E-state index in [0.717, 1.165) is 25.3 Å². The van der Waals surface area contributed by atoms with Gasteiger partial charge in [0.25, 0.3) is 0 Å². The first-order chi connectivity index (χ1) is 9.17. The van der Waals surface area contributed by atoms with Crippen LogP contribution in [0.4, 0.5) is 0 Å². The molecule has 1 aromatic carbocycles. The van der Waals surface area contributed by atoms with Gasteiger partial charge >= 0.3 is 0 Å². The van der Waals surface area contributed by atoms with Crippen molar-refractivity contribution in [3.8, 4) is 11.8 Å². The molecule has 0 aliphatic carbocycles. The number of nitriles is 1. The van der Waals surface area contributed by atoms with E-state index in [2.05, 4.69) is 30.1 Å². The van der Waals surface area contributed by atoms with Crippen molar-refractivity contribution in [3.63, 3.8) is 0 Å². The number of rotatable bonds is 6. The van der Waals surface area contributed by atoms with Crippen molar-refractivity contribution in [2.45, 2.75) is 6.42 Å². The first kappa shape index (κ1) is 13.9. The van der Waals surface area contributed by atoms with Crippen molar-refractivity contribution in [2.24, 2.45) is 5.41 Å². The van der Waals surface area contributed by atoms with Gasteiger partial charge in [-0.15, -0.1) is 0 Å². The van der Waals surface area contributed by atoms with Crippen LogP contribution in [-0.4, -0.2) is 45.4 Å². The highest BCUT2D eigenvalue weighted by molar-refractivity contribution is 5.27. The summed E-state index contributed by atoms with van der Waals surface area (Å²) >= 11 is 0. The highest BCUT2D eigenvalue weighted by atomic mass is 16.5. The van der Waals surface area contributed by atoms with Crippen LogP contribution >= 0.6 is 0 Å². The van der Waals surface area contributed by atoms with Crippen LogP contribution in [-0.2, 0) is 11.2 Å². The van der Waals surface area contributed by atoms with Gasteiger partial charge < -0.3 is 14.4 Å². The minimum atomic E-state index is -0.283. The summed E-state index contributed by atoms with van der Waals surface area (Å²) in [6, 6.07) is 10.5. The average molecular weight is 260 g/mol. The molecule has 0 radical (unpaired) electrons. The third-order valence-electron chi connectivity index (χ3n) is 3.51. The number of nitrogens with zero attached hydrogens (tertiary/aromatic N) is 2. The van der Waals surface area contributed by atoms with Crippen LogP contribution in [0.5, 0.6) is 5.75 Å². The van der Waals surface area contributed by atoms with Crippen molar-refractivity contribution < 1.29 is 9.47 Å². The average Bonchev–Trinajstić information content (AvgIpc) is 2.41. The highest BCUT2D eigenvalue weighted by Gasteiger charge is 2.39. The van der Waals surface area contributed by atoms with Crippen LogP contribution in [0.1, 0.15) is 5.56 Å². The molecular formula is C15H20N2O2. The van der Waals surface area contributed by atoms with Crippen LogP contribution in [0.3, 0.4) is 0 Å². The summed E-state index contributed by atoms with van der Waals surface area (Å²) in [7, 11) is 3.73.